The van der Waals surface area contributed by atoms with Crippen molar-refractivity contribution in [1.29, 1.82) is 0 Å². The Hall–Kier alpha value is -1.39. The Balaban J connectivity index is 2.06. The van der Waals surface area contributed by atoms with E-state index in [0.29, 0.717) is 0 Å². The van der Waals surface area contributed by atoms with Crippen molar-refractivity contribution in [3.8, 4) is 0 Å². The number of aryl methyl sites for hydroxylation is 1. The van der Waals surface area contributed by atoms with Crippen molar-refractivity contribution in [1.82, 2.24) is 4.98 Å². The van der Waals surface area contributed by atoms with E-state index in [0.717, 1.165) is 35.4 Å². The minimum atomic E-state index is 0.728. The summed E-state index contributed by atoms with van der Waals surface area (Å²) >= 11 is 3.37. The van der Waals surface area contributed by atoms with Gasteiger partial charge in [-0.1, -0.05) is 12.1 Å². The summed E-state index contributed by atoms with van der Waals surface area (Å²) in [6, 6.07) is 12.3. The molecule has 2 aromatic rings. The van der Waals surface area contributed by atoms with Crippen molar-refractivity contribution >= 4 is 27.4 Å². The average Bonchev–Trinajstić information content (AvgIpc) is 2.40. The topological polar surface area (TPSA) is 50.9 Å². The fraction of sp³-hybridized carbons (Fsp3) is 0.214. The van der Waals surface area contributed by atoms with Crippen LogP contribution in [0.2, 0.25) is 0 Å². The van der Waals surface area contributed by atoms with Crippen LogP contribution < -0.4 is 11.1 Å². The highest BCUT2D eigenvalue weighted by Crippen LogP contribution is 2.18. The number of halogens is 1. The van der Waals surface area contributed by atoms with Crippen molar-refractivity contribution in [2.45, 2.75) is 12.8 Å². The maximum atomic E-state index is 5.52. The molecule has 0 bridgehead atoms. The summed E-state index contributed by atoms with van der Waals surface area (Å²) in [6.45, 7) is 0.728. The van der Waals surface area contributed by atoms with Crippen LogP contribution in [0.4, 0.5) is 11.5 Å². The number of aromatic nitrogens is 1. The normalized spacial score (nSPS) is 10.3. The third-order valence-corrected chi connectivity index (χ3v) is 3.07. The molecule has 4 heteroatoms. The van der Waals surface area contributed by atoms with Crippen LogP contribution in [-0.4, -0.2) is 11.5 Å². The summed E-state index contributed by atoms with van der Waals surface area (Å²) in [6.07, 6.45) is 3.81. The van der Waals surface area contributed by atoms with Gasteiger partial charge in [-0.25, -0.2) is 4.98 Å². The molecule has 2 rings (SSSR count). The molecule has 1 aromatic heterocycles. The number of benzene rings is 1. The van der Waals surface area contributed by atoms with E-state index in [1.165, 1.54) is 5.56 Å². The molecule has 0 spiro atoms. The van der Waals surface area contributed by atoms with E-state index >= 15 is 0 Å². The first kappa shape index (κ1) is 13.1. The van der Waals surface area contributed by atoms with Crippen LogP contribution in [0.3, 0.4) is 0 Å². The molecule has 0 atom stereocenters. The molecule has 94 valence electrons. The average molecular weight is 306 g/mol. The number of pyridine rings is 1. The molecule has 1 heterocycles. The molecule has 0 unspecified atom stereocenters. The van der Waals surface area contributed by atoms with Crippen molar-refractivity contribution < 1.29 is 0 Å². The van der Waals surface area contributed by atoms with Gasteiger partial charge in [0.2, 0.25) is 0 Å². The quantitative estimate of drug-likeness (QED) is 0.889. The molecule has 3 nitrogen and oxygen atoms in total. The first-order valence-corrected chi connectivity index (χ1v) is 6.75. The SMILES string of the molecule is NCCCc1cccc(Nc2ccc(Br)cn2)c1. The van der Waals surface area contributed by atoms with Gasteiger partial charge >= 0.3 is 0 Å². The zero-order chi connectivity index (χ0) is 12.8. The summed E-state index contributed by atoms with van der Waals surface area (Å²) in [4.78, 5) is 4.29. The molecule has 1 aromatic carbocycles. The Morgan fingerprint density at radius 1 is 1.22 bits per heavy atom. The predicted molar refractivity (Wildman–Crippen MR) is 79.0 cm³/mol. The van der Waals surface area contributed by atoms with E-state index in [-0.39, 0.29) is 0 Å². The van der Waals surface area contributed by atoms with Gasteiger partial charge in [-0.15, -0.1) is 0 Å². The summed E-state index contributed by atoms with van der Waals surface area (Å²) in [5, 5.41) is 3.28. The smallest absolute Gasteiger partial charge is 0.130 e. The van der Waals surface area contributed by atoms with Gasteiger partial charge in [0.1, 0.15) is 5.82 Å². The number of hydrogen-bond acceptors (Lipinski definition) is 3. The minimum absolute atomic E-state index is 0.728. The van der Waals surface area contributed by atoms with Crippen LogP contribution in [-0.2, 0) is 6.42 Å². The summed E-state index contributed by atoms with van der Waals surface area (Å²) < 4.78 is 0.977. The fourth-order valence-electron chi connectivity index (χ4n) is 1.71. The highest BCUT2D eigenvalue weighted by molar-refractivity contribution is 9.10. The van der Waals surface area contributed by atoms with Crippen LogP contribution in [0.25, 0.3) is 0 Å². The van der Waals surface area contributed by atoms with Crippen LogP contribution in [0, 0.1) is 0 Å². The summed E-state index contributed by atoms with van der Waals surface area (Å²) in [5.74, 6) is 0.842. The van der Waals surface area contributed by atoms with Crippen molar-refractivity contribution in [2.24, 2.45) is 5.73 Å². The molecule has 0 amide bonds. The number of nitrogens with two attached hydrogens (primary N) is 1. The minimum Gasteiger partial charge on any atom is -0.340 e. The molecule has 0 aliphatic carbocycles. The first-order chi connectivity index (χ1) is 8.78. The Bertz CT molecular complexity index is 497. The van der Waals surface area contributed by atoms with Gasteiger partial charge in [0, 0.05) is 16.4 Å². The number of nitrogens with one attached hydrogen (secondary N) is 1. The molecule has 3 N–H and O–H groups in total. The lowest BCUT2D eigenvalue weighted by Crippen LogP contribution is -2.00. The van der Waals surface area contributed by atoms with E-state index < -0.39 is 0 Å². The number of hydrogen-bond donors (Lipinski definition) is 2. The molecule has 0 aliphatic heterocycles. The lowest BCUT2D eigenvalue weighted by atomic mass is 10.1. The highest BCUT2D eigenvalue weighted by Gasteiger charge is 1.98. The monoisotopic (exact) mass is 305 g/mol. The van der Waals surface area contributed by atoms with Gasteiger partial charge in [-0.3, -0.25) is 0 Å². The van der Waals surface area contributed by atoms with Crippen molar-refractivity contribution in [2.75, 3.05) is 11.9 Å². The van der Waals surface area contributed by atoms with E-state index in [9.17, 15) is 0 Å². The number of nitrogens with zero attached hydrogens (tertiary/aromatic N) is 1. The molecule has 0 saturated carbocycles. The maximum absolute atomic E-state index is 5.52. The lowest BCUT2D eigenvalue weighted by molar-refractivity contribution is 0.833. The third kappa shape index (κ3) is 3.82. The molecule has 0 radical (unpaired) electrons. The second-order valence-corrected chi connectivity index (χ2v) is 4.99. The zero-order valence-electron chi connectivity index (χ0n) is 10.1. The molecule has 0 aliphatic rings. The third-order valence-electron chi connectivity index (χ3n) is 2.60. The van der Waals surface area contributed by atoms with Crippen LogP contribution in [0.1, 0.15) is 12.0 Å². The van der Waals surface area contributed by atoms with Gasteiger partial charge < -0.3 is 11.1 Å². The van der Waals surface area contributed by atoms with E-state index in [4.69, 9.17) is 5.73 Å². The van der Waals surface area contributed by atoms with Crippen LogP contribution in [0.15, 0.2) is 47.1 Å². The van der Waals surface area contributed by atoms with E-state index in [2.05, 4.69) is 38.4 Å². The summed E-state index contributed by atoms with van der Waals surface area (Å²) in [7, 11) is 0. The largest absolute Gasteiger partial charge is 0.340 e. The second-order valence-electron chi connectivity index (χ2n) is 4.08. The Morgan fingerprint density at radius 2 is 2.11 bits per heavy atom. The summed E-state index contributed by atoms with van der Waals surface area (Å²) in [5.41, 5.74) is 7.87. The molecule has 18 heavy (non-hydrogen) atoms. The Labute approximate surface area is 116 Å². The number of rotatable bonds is 5. The molecular weight excluding hydrogens is 290 g/mol. The van der Waals surface area contributed by atoms with Gasteiger partial charge in [-0.2, -0.15) is 0 Å². The van der Waals surface area contributed by atoms with Crippen molar-refractivity contribution in [3.05, 3.63) is 52.6 Å². The van der Waals surface area contributed by atoms with Crippen molar-refractivity contribution in [3.63, 3.8) is 0 Å². The van der Waals surface area contributed by atoms with Gasteiger partial charge in [0.15, 0.2) is 0 Å². The second kappa shape index (κ2) is 6.52. The predicted octanol–water partition coefficient (Wildman–Crippen LogP) is 3.48. The zero-order valence-corrected chi connectivity index (χ0v) is 11.7. The maximum Gasteiger partial charge on any atom is 0.130 e. The van der Waals surface area contributed by atoms with Gasteiger partial charge in [0.25, 0.3) is 0 Å². The molecule has 0 saturated heterocycles. The van der Waals surface area contributed by atoms with Gasteiger partial charge in [-0.05, 0) is 65.1 Å². The van der Waals surface area contributed by atoms with Gasteiger partial charge in [0.05, 0.1) is 0 Å². The van der Waals surface area contributed by atoms with Crippen LogP contribution >= 0.6 is 15.9 Å². The molecular formula is C14H16BrN3. The van der Waals surface area contributed by atoms with E-state index in [1.807, 2.05) is 24.3 Å². The Morgan fingerprint density at radius 3 is 2.83 bits per heavy atom. The fourth-order valence-corrected chi connectivity index (χ4v) is 1.94. The highest BCUT2D eigenvalue weighted by atomic mass is 79.9. The number of anilines is 2. The lowest BCUT2D eigenvalue weighted by Gasteiger charge is -2.07. The standard InChI is InChI=1S/C14H16BrN3/c15-12-6-7-14(17-10-12)18-13-5-1-3-11(9-13)4-2-8-16/h1,3,5-7,9-10H,2,4,8,16H2,(H,17,18). The van der Waals surface area contributed by atoms with Crippen LogP contribution in [0.5, 0.6) is 0 Å². The van der Waals surface area contributed by atoms with E-state index in [1.54, 1.807) is 6.20 Å². The Kier molecular flexibility index (Phi) is 4.73. The first-order valence-electron chi connectivity index (χ1n) is 5.95. The molecule has 0 fully saturated rings.